The van der Waals surface area contributed by atoms with E-state index in [0.29, 0.717) is 75.4 Å². The Morgan fingerprint density at radius 2 is 0.542 bits per heavy atom. The lowest BCUT2D eigenvalue weighted by Gasteiger charge is -2.29. The third-order valence-electron chi connectivity index (χ3n) is 8.56. The summed E-state index contributed by atoms with van der Waals surface area (Å²) >= 11 is 23.9. The van der Waals surface area contributed by atoms with Crippen LogP contribution < -0.4 is 0 Å². The second kappa shape index (κ2) is 21.4. The molecule has 0 aromatic heterocycles. The van der Waals surface area contributed by atoms with Crippen molar-refractivity contribution in [3.8, 4) is 0 Å². The van der Waals surface area contributed by atoms with Crippen LogP contribution >= 0.6 is 97.6 Å². The predicted octanol–water partition coefficient (Wildman–Crippen LogP) is 3.40. The summed E-state index contributed by atoms with van der Waals surface area (Å²) in [5.41, 5.74) is 0. The van der Waals surface area contributed by atoms with Gasteiger partial charge in [0.15, 0.2) is 0 Å². The fraction of sp³-hybridized carbons (Fsp3) is 0.857. The smallest absolute Gasteiger partial charge is 0.299 e. The second-order valence-electron chi connectivity index (χ2n) is 11.2. The molecule has 4 saturated heterocycles. The fourth-order valence-electron chi connectivity index (χ4n) is 6.54. The molecule has 0 atom stereocenters. The Kier molecular flexibility index (Phi) is 18.9. The van der Waals surface area contributed by atoms with Crippen molar-refractivity contribution in [3.63, 3.8) is 0 Å². The maximum absolute atomic E-state index is 13.1. The average Bonchev–Trinajstić information content (AvgIpc) is 3.69. The van der Waals surface area contributed by atoms with E-state index in [0.717, 1.165) is 23.0 Å². The van der Waals surface area contributed by atoms with E-state index in [1.165, 1.54) is 0 Å². The highest BCUT2D eigenvalue weighted by Gasteiger charge is 2.59. The van der Waals surface area contributed by atoms with Crippen molar-refractivity contribution in [2.75, 3.05) is 123 Å². The molecule has 12 nitrogen and oxygen atoms in total. The number of thiol groups is 4. The molecule has 0 N–H and O–H groups in total. The number of urea groups is 4. The first-order valence-electron chi connectivity index (χ1n) is 15.9. The lowest BCUT2D eigenvalue weighted by Crippen LogP contribution is -2.48. The van der Waals surface area contributed by atoms with E-state index in [2.05, 4.69) is 75.5 Å². The minimum Gasteiger partial charge on any atom is -0.299 e. The van der Waals surface area contributed by atoms with Crippen LogP contribution in [0.2, 0.25) is 0 Å². The van der Waals surface area contributed by atoms with Gasteiger partial charge in [0, 0.05) is 98.4 Å². The van der Waals surface area contributed by atoms with Crippen LogP contribution in [0.3, 0.4) is 0 Å². The quantitative estimate of drug-likeness (QED) is 0.139. The average molecular weight is 821 g/mol. The number of amides is 8. The molecule has 4 aliphatic heterocycles. The van der Waals surface area contributed by atoms with Crippen molar-refractivity contribution in [1.29, 1.82) is 0 Å². The van der Waals surface area contributed by atoms with Gasteiger partial charge in [-0.15, -0.1) is 0 Å². The first-order valence-corrected chi connectivity index (χ1v) is 24.0. The highest BCUT2D eigenvalue weighted by atomic mass is 32.2. The van der Waals surface area contributed by atoms with E-state index in [1.807, 2.05) is 19.6 Å². The molecule has 4 heterocycles. The summed E-state index contributed by atoms with van der Waals surface area (Å²) in [7, 11) is 0. The van der Waals surface area contributed by atoms with E-state index in [1.54, 1.807) is 66.6 Å². The molecular weight excluding hydrogens is 769 g/mol. The first kappa shape index (κ1) is 42.3. The highest BCUT2D eigenvalue weighted by molar-refractivity contribution is 7.99. The third kappa shape index (κ3) is 9.26. The number of carbonyl (C=O) groups is 4. The molecule has 4 aliphatic rings. The van der Waals surface area contributed by atoms with E-state index in [9.17, 15) is 19.2 Å². The van der Waals surface area contributed by atoms with Gasteiger partial charge in [0.05, 0.1) is 0 Å². The zero-order valence-corrected chi connectivity index (χ0v) is 35.1. The van der Waals surface area contributed by atoms with Gasteiger partial charge in [0.25, 0.3) is 0 Å². The van der Waals surface area contributed by atoms with Crippen molar-refractivity contribution in [3.05, 3.63) is 0 Å². The SMILES string of the molecule is CSCCN1C(=O)N(CCSC)C2C1N(CCSC)C(=O)N2CCSC.O=C1N(CCS)C2C(N1CCS)N(CCS)C(=O)N2CCS. The molecule has 0 aromatic carbocycles. The summed E-state index contributed by atoms with van der Waals surface area (Å²) in [6, 6.07) is 0.0515. The summed E-state index contributed by atoms with van der Waals surface area (Å²) in [6.45, 7) is 4.81. The minimum atomic E-state index is -0.279. The molecule has 20 heteroatoms. The lowest BCUT2D eigenvalue weighted by atomic mass is 10.3. The first-order chi connectivity index (χ1) is 23.2. The molecule has 0 aromatic rings. The molecule has 0 unspecified atom stereocenters. The molecule has 4 rings (SSSR count). The molecule has 0 bridgehead atoms. The number of carbonyl (C=O) groups excluding carboxylic acids is 4. The van der Waals surface area contributed by atoms with Crippen molar-refractivity contribution in [2.24, 2.45) is 0 Å². The van der Waals surface area contributed by atoms with Gasteiger partial charge in [-0.2, -0.15) is 97.6 Å². The highest BCUT2D eigenvalue weighted by Crippen LogP contribution is 2.36. The summed E-state index contributed by atoms with van der Waals surface area (Å²) in [5, 5.41) is 0. The third-order valence-corrected chi connectivity index (χ3v) is 11.7. The number of fused-ring (bicyclic) bond motifs is 2. The van der Waals surface area contributed by atoms with Crippen LogP contribution in [0.4, 0.5) is 19.2 Å². The van der Waals surface area contributed by atoms with Crippen LogP contribution in [0.15, 0.2) is 0 Å². The molecule has 0 saturated carbocycles. The second-order valence-corrected chi connectivity index (χ2v) is 16.9. The van der Waals surface area contributed by atoms with Crippen LogP contribution in [-0.4, -0.2) is 211 Å². The zero-order chi connectivity index (χ0) is 35.4. The summed E-state index contributed by atoms with van der Waals surface area (Å²) in [5.74, 6) is 5.78. The van der Waals surface area contributed by atoms with Crippen molar-refractivity contribution < 1.29 is 19.2 Å². The molecular formula is C28H52N8O4S8. The molecule has 8 amide bonds. The lowest BCUT2D eigenvalue weighted by molar-refractivity contribution is 0.136. The number of rotatable bonds is 20. The predicted molar refractivity (Wildman–Crippen MR) is 219 cm³/mol. The Bertz CT molecular complexity index is 925. The van der Waals surface area contributed by atoms with Crippen LogP contribution in [0.25, 0.3) is 0 Å². The van der Waals surface area contributed by atoms with Gasteiger partial charge in [-0.25, -0.2) is 19.2 Å². The Morgan fingerprint density at radius 1 is 0.375 bits per heavy atom. The molecule has 0 radical (unpaired) electrons. The molecule has 4 fully saturated rings. The van der Waals surface area contributed by atoms with Gasteiger partial charge < -0.3 is 0 Å². The summed E-state index contributed by atoms with van der Waals surface area (Å²) in [6.07, 6.45) is 7.35. The normalized spacial score (nSPS) is 23.7. The summed E-state index contributed by atoms with van der Waals surface area (Å²) < 4.78 is 0. The van der Waals surface area contributed by atoms with Crippen molar-refractivity contribution in [2.45, 2.75) is 24.7 Å². The largest absolute Gasteiger partial charge is 0.323 e. The van der Waals surface area contributed by atoms with Gasteiger partial charge in [0.2, 0.25) is 0 Å². The molecule has 0 spiro atoms. The zero-order valence-electron chi connectivity index (χ0n) is 28.3. The van der Waals surface area contributed by atoms with Crippen LogP contribution in [0.1, 0.15) is 0 Å². The fourth-order valence-corrected chi connectivity index (χ4v) is 8.92. The summed E-state index contributed by atoms with van der Waals surface area (Å²) in [4.78, 5) is 66.3. The maximum Gasteiger partial charge on any atom is 0.323 e. The monoisotopic (exact) mass is 820 g/mol. The van der Waals surface area contributed by atoms with Crippen LogP contribution in [0, 0.1) is 0 Å². The Labute approximate surface area is 325 Å². The number of nitrogens with zero attached hydrogens (tertiary/aromatic N) is 8. The number of thioether (sulfide) groups is 4. The van der Waals surface area contributed by atoms with Gasteiger partial charge in [0.1, 0.15) is 24.7 Å². The number of hydrogen-bond donors (Lipinski definition) is 4. The molecule has 0 aliphatic carbocycles. The van der Waals surface area contributed by atoms with E-state index < -0.39 is 0 Å². The van der Waals surface area contributed by atoms with Crippen LogP contribution in [0.5, 0.6) is 0 Å². The standard InChI is InChI=1S/C16H30N4O2S4.C12H22N4O2S4/c1-23-9-5-17-13-14(19(15(17)21)7-11-25-3)20(8-12-26-4)16(22)18(13)6-10-24-2;17-11-13(1-5-19)9-10(15(11)3-7-21)16(4-8-22)12(18)14(9)2-6-20/h13-14H,5-12H2,1-4H3;9-10,19-22H,1-8H2. The Balaban J connectivity index is 0.000000264. The van der Waals surface area contributed by atoms with Gasteiger partial charge in [-0.3, -0.25) is 39.2 Å². The van der Waals surface area contributed by atoms with E-state index in [-0.39, 0.29) is 48.8 Å². The maximum atomic E-state index is 13.1. The number of hydrogen-bond acceptors (Lipinski definition) is 12. The molecule has 276 valence electrons. The van der Waals surface area contributed by atoms with Crippen molar-refractivity contribution >= 4 is 122 Å². The Hall–Kier alpha value is -0.120. The van der Waals surface area contributed by atoms with E-state index >= 15 is 0 Å². The van der Waals surface area contributed by atoms with Gasteiger partial charge in [-0.05, 0) is 25.0 Å². The van der Waals surface area contributed by atoms with Gasteiger partial charge in [-0.1, -0.05) is 0 Å². The van der Waals surface area contributed by atoms with E-state index in [4.69, 9.17) is 0 Å². The van der Waals surface area contributed by atoms with Crippen molar-refractivity contribution in [1.82, 2.24) is 39.2 Å². The van der Waals surface area contributed by atoms with Gasteiger partial charge >= 0.3 is 24.1 Å². The Morgan fingerprint density at radius 3 is 0.688 bits per heavy atom. The minimum absolute atomic E-state index is 0.0565. The van der Waals surface area contributed by atoms with Crippen LogP contribution in [-0.2, 0) is 0 Å². The molecule has 48 heavy (non-hydrogen) atoms. The topological polar surface area (TPSA) is 94.2 Å².